The fourth-order valence-corrected chi connectivity index (χ4v) is 4.29. The molecule has 0 aliphatic carbocycles. The van der Waals surface area contributed by atoms with Gasteiger partial charge in [0.05, 0.1) is 0 Å². The van der Waals surface area contributed by atoms with Crippen LogP contribution in [0, 0.1) is 6.92 Å². The first kappa shape index (κ1) is 24.8. The number of rotatable bonds is 7. The molecule has 5 aromatic rings. The van der Waals surface area contributed by atoms with Gasteiger partial charge < -0.3 is 4.57 Å². The van der Waals surface area contributed by atoms with E-state index < -0.39 is 0 Å². The Balaban J connectivity index is 1.70. The highest BCUT2D eigenvalue weighted by Crippen LogP contribution is 2.32. The molecule has 0 spiro atoms. The largest absolute Gasteiger partial charge is 0.301 e. The zero-order valence-electron chi connectivity index (χ0n) is 21.8. The molecule has 5 heteroatoms. The number of nitrogens with zero attached hydrogens (tertiary/aromatic N) is 5. The molecular formula is C33H29N5. The molecule has 0 fully saturated rings. The third-order valence-electron chi connectivity index (χ3n) is 6.17. The van der Waals surface area contributed by atoms with Crippen LogP contribution < -0.4 is 0 Å². The van der Waals surface area contributed by atoms with E-state index in [4.69, 9.17) is 15.0 Å². The molecular weight excluding hydrogens is 466 g/mol. The van der Waals surface area contributed by atoms with Crippen molar-refractivity contribution in [3.63, 3.8) is 0 Å². The Morgan fingerprint density at radius 2 is 1.29 bits per heavy atom. The van der Waals surface area contributed by atoms with Crippen LogP contribution in [0.4, 0.5) is 5.82 Å². The number of hydrogen-bond acceptors (Lipinski definition) is 4. The summed E-state index contributed by atoms with van der Waals surface area (Å²) in [6.45, 7) is 6.03. The van der Waals surface area contributed by atoms with E-state index in [1.54, 1.807) is 0 Å². The lowest BCUT2D eigenvalue weighted by Crippen LogP contribution is -2.02. The molecule has 0 radical (unpaired) electrons. The lowest BCUT2D eigenvalue weighted by Gasteiger charge is -2.09. The van der Waals surface area contributed by atoms with Crippen LogP contribution in [0.15, 0.2) is 114 Å². The summed E-state index contributed by atoms with van der Waals surface area (Å²) in [7, 11) is 0. The minimum atomic E-state index is 0.614. The zero-order chi connectivity index (χ0) is 26.3. The second-order valence-corrected chi connectivity index (χ2v) is 8.76. The van der Waals surface area contributed by atoms with Gasteiger partial charge in [-0.2, -0.15) is 0 Å². The molecule has 0 atom stereocenters. The Morgan fingerprint density at radius 3 is 1.82 bits per heavy atom. The van der Waals surface area contributed by atoms with Crippen LogP contribution in [0.25, 0.3) is 40.1 Å². The standard InChI is InChI=1S/C33H29N5/c1-4-15-27(22-28-23-38(29-20-13-8-14-21-29)33(24(28)3)34-5-2)32-36-30(25-16-9-6-10-17-25)35-31(37-32)26-18-11-7-12-19-26/h4-23H,1-3H3/b15-4-,27-22+,34-5?. The van der Waals surface area contributed by atoms with Crippen molar-refractivity contribution in [2.75, 3.05) is 0 Å². The first-order valence-corrected chi connectivity index (χ1v) is 12.7. The fraction of sp³-hybridized carbons (Fsp3) is 0.0909. The predicted octanol–water partition coefficient (Wildman–Crippen LogP) is 8.14. The van der Waals surface area contributed by atoms with Gasteiger partial charge in [-0.1, -0.05) is 91.0 Å². The summed E-state index contributed by atoms with van der Waals surface area (Å²) in [5, 5.41) is 0. The second-order valence-electron chi connectivity index (χ2n) is 8.76. The molecule has 2 aromatic heterocycles. The van der Waals surface area contributed by atoms with Gasteiger partial charge in [-0.15, -0.1) is 0 Å². The van der Waals surface area contributed by atoms with Gasteiger partial charge in [-0.25, -0.2) is 19.9 Å². The Hall–Kier alpha value is -4.90. The third kappa shape index (κ3) is 5.27. The maximum atomic E-state index is 4.92. The van der Waals surface area contributed by atoms with Crippen LogP contribution in [-0.4, -0.2) is 25.7 Å². The maximum Gasteiger partial charge on any atom is 0.164 e. The highest BCUT2D eigenvalue weighted by molar-refractivity contribution is 5.87. The lowest BCUT2D eigenvalue weighted by atomic mass is 10.1. The molecule has 38 heavy (non-hydrogen) atoms. The monoisotopic (exact) mass is 495 g/mol. The molecule has 0 saturated carbocycles. The van der Waals surface area contributed by atoms with Gasteiger partial charge in [0, 0.05) is 40.4 Å². The number of allylic oxidation sites excluding steroid dienone is 3. The van der Waals surface area contributed by atoms with Crippen molar-refractivity contribution in [2.24, 2.45) is 4.99 Å². The van der Waals surface area contributed by atoms with Crippen molar-refractivity contribution < 1.29 is 0 Å². The summed E-state index contributed by atoms with van der Waals surface area (Å²) >= 11 is 0. The van der Waals surface area contributed by atoms with Gasteiger partial charge in [0.2, 0.25) is 0 Å². The lowest BCUT2D eigenvalue weighted by molar-refractivity contribution is 1.04. The van der Waals surface area contributed by atoms with Gasteiger partial charge in [0.1, 0.15) is 5.82 Å². The van der Waals surface area contributed by atoms with Crippen molar-refractivity contribution >= 4 is 23.7 Å². The minimum absolute atomic E-state index is 0.614. The molecule has 0 saturated heterocycles. The molecule has 186 valence electrons. The SMILES string of the molecule is CC=Nc1c(C)c(/C=C(\C=C/C)c2nc(-c3ccccc3)nc(-c3ccccc3)n2)cn1-c1ccccc1. The summed E-state index contributed by atoms with van der Waals surface area (Å²) in [6.07, 6.45) is 10.1. The molecule has 0 aliphatic rings. The maximum absolute atomic E-state index is 4.92. The first-order valence-electron chi connectivity index (χ1n) is 12.7. The summed E-state index contributed by atoms with van der Waals surface area (Å²) in [4.78, 5) is 19.4. The number of hydrogen-bond donors (Lipinski definition) is 0. The normalized spacial score (nSPS) is 12.0. The van der Waals surface area contributed by atoms with Crippen LogP contribution in [-0.2, 0) is 0 Å². The van der Waals surface area contributed by atoms with E-state index in [2.05, 4.69) is 40.9 Å². The van der Waals surface area contributed by atoms with E-state index in [0.717, 1.165) is 39.3 Å². The van der Waals surface area contributed by atoms with Gasteiger partial charge in [0.25, 0.3) is 0 Å². The Kier molecular flexibility index (Phi) is 7.46. The Morgan fingerprint density at radius 1 is 0.737 bits per heavy atom. The van der Waals surface area contributed by atoms with Gasteiger partial charge >= 0.3 is 0 Å². The number of aromatic nitrogens is 4. The summed E-state index contributed by atoms with van der Waals surface area (Å²) in [5.41, 5.74) is 5.96. The molecule has 0 unspecified atom stereocenters. The summed E-state index contributed by atoms with van der Waals surface area (Å²) in [5.74, 6) is 2.79. The average Bonchev–Trinajstić information content (AvgIpc) is 3.28. The van der Waals surface area contributed by atoms with E-state index in [9.17, 15) is 0 Å². The predicted molar refractivity (Wildman–Crippen MR) is 158 cm³/mol. The van der Waals surface area contributed by atoms with Crippen LogP contribution in [0.1, 0.15) is 30.8 Å². The van der Waals surface area contributed by atoms with Crippen LogP contribution >= 0.6 is 0 Å². The fourth-order valence-electron chi connectivity index (χ4n) is 4.29. The molecule has 0 bridgehead atoms. The molecule has 3 aromatic carbocycles. The average molecular weight is 496 g/mol. The Labute approximate surface area is 223 Å². The summed E-state index contributed by atoms with van der Waals surface area (Å²) < 4.78 is 2.12. The van der Waals surface area contributed by atoms with E-state index >= 15 is 0 Å². The van der Waals surface area contributed by atoms with Crippen molar-refractivity contribution in [1.82, 2.24) is 19.5 Å². The third-order valence-corrected chi connectivity index (χ3v) is 6.17. The van der Waals surface area contributed by atoms with Crippen molar-refractivity contribution in [1.29, 1.82) is 0 Å². The molecule has 5 rings (SSSR count). The van der Waals surface area contributed by atoms with E-state index in [-0.39, 0.29) is 0 Å². The van der Waals surface area contributed by atoms with Crippen molar-refractivity contribution in [2.45, 2.75) is 20.8 Å². The highest BCUT2D eigenvalue weighted by atomic mass is 15.1. The molecule has 2 heterocycles. The molecule has 0 amide bonds. The van der Waals surface area contributed by atoms with E-state index in [1.165, 1.54) is 0 Å². The van der Waals surface area contributed by atoms with Crippen LogP contribution in [0.2, 0.25) is 0 Å². The van der Waals surface area contributed by atoms with Crippen LogP contribution in [0.5, 0.6) is 0 Å². The van der Waals surface area contributed by atoms with Gasteiger partial charge in [0.15, 0.2) is 17.5 Å². The van der Waals surface area contributed by atoms with Gasteiger partial charge in [-0.05, 0) is 44.5 Å². The van der Waals surface area contributed by atoms with Crippen LogP contribution in [0.3, 0.4) is 0 Å². The minimum Gasteiger partial charge on any atom is -0.301 e. The number of para-hydroxylation sites is 1. The van der Waals surface area contributed by atoms with Crippen molar-refractivity contribution in [3.05, 3.63) is 126 Å². The Bertz CT molecular complexity index is 1560. The first-order chi connectivity index (χ1) is 18.7. The summed E-state index contributed by atoms with van der Waals surface area (Å²) in [6, 6.07) is 30.3. The van der Waals surface area contributed by atoms with E-state index in [0.29, 0.717) is 17.5 Å². The second kappa shape index (κ2) is 11.4. The molecule has 0 aliphatic heterocycles. The highest BCUT2D eigenvalue weighted by Gasteiger charge is 2.15. The van der Waals surface area contributed by atoms with E-state index in [1.807, 2.05) is 111 Å². The van der Waals surface area contributed by atoms with Gasteiger partial charge in [-0.3, -0.25) is 0 Å². The molecule has 0 N–H and O–H groups in total. The smallest absolute Gasteiger partial charge is 0.164 e. The van der Waals surface area contributed by atoms with Crippen molar-refractivity contribution in [3.8, 4) is 28.5 Å². The quantitative estimate of drug-likeness (QED) is 0.169. The number of benzene rings is 3. The molecule has 5 nitrogen and oxygen atoms in total. The zero-order valence-corrected chi connectivity index (χ0v) is 21.8. The number of aliphatic imine (C=N–C) groups is 1. The topological polar surface area (TPSA) is 56.0 Å².